The molecule has 0 spiro atoms. The van der Waals surface area contributed by atoms with Crippen molar-refractivity contribution in [1.82, 2.24) is 5.16 Å². The van der Waals surface area contributed by atoms with E-state index in [-0.39, 0.29) is 13.2 Å². The van der Waals surface area contributed by atoms with Gasteiger partial charge in [0.1, 0.15) is 17.5 Å². The molecule has 10 heteroatoms. The summed E-state index contributed by atoms with van der Waals surface area (Å²) in [5, 5.41) is 16.4. The van der Waals surface area contributed by atoms with Gasteiger partial charge >= 0.3 is 12.1 Å². The first-order valence-electron chi connectivity index (χ1n) is 11.7. The summed E-state index contributed by atoms with van der Waals surface area (Å²) in [5.41, 5.74) is 4.40. The number of carboxylic acids is 1. The average Bonchev–Trinajstić information content (AvgIpc) is 3.52. The molecule has 9 nitrogen and oxygen atoms in total. The summed E-state index contributed by atoms with van der Waals surface area (Å²) in [6.07, 6.45) is -1.40. The third-order valence-corrected chi connectivity index (χ3v) is 6.46. The second-order valence-corrected chi connectivity index (χ2v) is 9.06. The lowest BCUT2D eigenvalue weighted by Gasteiger charge is -2.15. The van der Waals surface area contributed by atoms with Gasteiger partial charge in [-0.15, -0.1) is 0 Å². The standard InChI is InChI=1S/C28H23ClN2O7/c1-15-24(30-28(34)37-16(2)20-5-3-4-6-22(20)29)25(38-31-15)18-9-7-17(8-10-18)21-12-11-19(13-23(32)33)26-27(21)36-14-35-26/h3-12,16H,13-14H2,1-2H3,(H,30,34)(H,32,33). The highest BCUT2D eigenvalue weighted by molar-refractivity contribution is 6.31. The van der Waals surface area contributed by atoms with E-state index in [4.69, 9.17) is 35.4 Å². The van der Waals surface area contributed by atoms with Gasteiger partial charge in [-0.2, -0.15) is 0 Å². The van der Waals surface area contributed by atoms with Crippen LogP contribution < -0.4 is 14.8 Å². The molecule has 3 aromatic carbocycles. The van der Waals surface area contributed by atoms with Crippen molar-refractivity contribution >= 4 is 29.4 Å². The summed E-state index contributed by atoms with van der Waals surface area (Å²) in [4.78, 5) is 23.8. The van der Waals surface area contributed by atoms with E-state index in [0.717, 1.165) is 11.1 Å². The molecule has 4 aromatic rings. The zero-order chi connectivity index (χ0) is 26.8. The van der Waals surface area contributed by atoms with Crippen molar-refractivity contribution in [3.8, 4) is 33.9 Å². The number of amides is 1. The number of aryl methyl sites for hydroxylation is 1. The van der Waals surface area contributed by atoms with E-state index in [0.29, 0.717) is 50.4 Å². The van der Waals surface area contributed by atoms with Gasteiger partial charge < -0.3 is 23.8 Å². The number of aliphatic carboxylic acids is 1. The van der Waals surface area contributed by atoms with Gasteiger partial charge in [0.05, 0.1) is 6.42 Å². The number of halogens is 1. The zero-order valence-electron chi connectivity index (χ0n) is 20.5. The van der Waals surface area contributed by atoms with Crippen LogP contribution in [0.25, 0.3) is 22.5 Å². The van der Waals surface area contributed by atoms with Gasteiger partial charge in [-0.1, -0.05) is 71.4 Å². The van der Waals surface area contributed by atoms with Crippen LogP contribution in [0.1, 0.15) is 29.8 Å². The van der Waals surface area contributed by atoms with Crippen LogP contribution in [0.15, 0.2) is 65.2 Å². The second kappa shape index (κ2) is 10.5. The minimum absolute atomic E-state index is 0.0224. The number of carbonyl (C=O) groups is 2. The molecule has 1 aliphatic heterocycles. The molecule has 0 aliphatic carbocycles. The Morgan fingerprint density at radius 2 is 1.76 bits per heavy atom. The van der Waals surface area contributed by atoms with E-state index in [1.54, 1.807) is 38.1 Å². The van der Waals surface area contributed by atoms with E-state index in [2.05, 4.69) is 10.5 Å². The normalized spacial score (nSPS) is 12.7. The third kappa shape index (κ3) is 5.01. The number of ether oxygens (including phenoxy) is 3. The molecule has 1 unspecified atom stereocenters. The number of carbonyl (C=O) groups excluding carboxylic acids is 1. The molecule has 1 atom stereocenters. The van der Waals surface area contributed by atoms with Crippen molar-refractivity contribution in [2.75, 3.05) is 12.1 Å². The van der Waals surface area contributed by atoms with E-state index in [9.17, 15) is 9.59 Å². The first kappa shape index (κ1) is 25.2. The highest BCUT2D eigenvalue weighted by Gasteiger charge is 2.25. The van der Waals surface area contributed by atoms with Gasteiger partial charge in [-0.25, -0.2) is 4.79 Å². The number of fused-ring (bicyclic) bond motifs is 1. The SMILES string of the molecule is Cc1noc(-c2ccc(-c3ccc(CC(=O)O)c4c3OCO4)cc2)c1NC(=O)OC(C)c1ccccc1Cl. The number of hydrogen-bond donors (Lipinski definition) is 2. The fourth-order valence-corrected chi connectivity index (χ4v) is 4.55. The quantitative estimate of drug-likeness (QED) is 0.271. The van der Waals surface area contributed by atoms with Crippen LogP contribution in [0, 0.1) is 6.92 Å². The van der Waals surface area contributed by atoms with E-state index in [1.165, 1.54) is 0 Å². The highest BCUT2D eigenvalue weighted by Crippen LogP contribution is 2.44. The molecule has 1 amide bonds. The van der Waals surface area contributed by atoms with E-state index >= 15 is 0 Å². The summed E-state index contributed by atoms with van der Waals surface area (Å²) in [6, 6.07) is 18.1. The largest absolute Gasteiger partial charge is 0.481 e. The molecule has 0 radical (unpaired) electrons. The number of nitrogens with one attached hydrogen (secondary N) is 1. The second-order valence-electron chi connectivity index (χ2n) is 8.65. The van der Waals surface area contributed by atoms with Gasteiger partial charge in [0.2, 0.25) is 6.79 Å². The van der Waals surface area contributed by atoms with Crippen molar-refractivity contribution in [1.29, 1.82) is 0 Å². The molecule has 2 heterocycles. The Labute approximate surface area is 222 Å². The number of anilines is 1. The van der Waals surface area contributed by atoms with Crippen molar-refractivity contribution in [3.05, 3.63) is 82.5 Å². The molecule has 0 saturated carbocycles. The third-order valence-electron chi connectivity index (χ3n) is 6.12. The minimum Gasteiger partial charge on any atom is -0.481 e. The topological polar surface area (TPSA) is 120 Å². The fourth-order valence-electron chi connectivity index (χ4n) is 4.26. The van der Waals surface area contributed by atoms with Crippen LogP contribution in [-0.4, -0.2) is 29.1 Å². The average molecular weight is 535 g/mol. The van der Waals surface area contributed by atoms with Crippen molar-refractivity contribution in [2.24, 2.45) is 0 Å². The number of rotatable bonds is 7. The number of carboxylic acid groups (broad SMARTS) is 1. The van der Waals surface area contributed by atoms with Gasteiger partial charge in [-0.3, -0.25) is 10.1 Å². The van der Waals surface area contributed by atoms with Gasteiger partial charge in [0, 0.05) is 27.3 Å². The van der Waals surface area contributed by atoms with Crippen molar-refractivity contribution < 1.29 is 33.4 Å². The van der Waals surface area contributed by atoms with Crippen molar-refractivity contribution in [2.45, 2.75) is 26.4 Å². The van der Waals surface area contributed by atoms with Gasteiger partial charge in [0.15, 0.2) is 17.3 Å². The van der Waals surface area contributed by atoms with E-state index < -0.39 is 18.2 Å². The molecule has 1 aliphatic rings. The van der Waals surface area contributed by atoms with Crippen LogP contribution in [0.5, 0.6) is 11.5 Å². The summed E-state index contributed by atoms with van der Waals surface area (Å²) >= 11 is 6.22. The number of nitrogens with zero attached hydrogens (tertiary/aromatic N) is 1. The minimum atomic E-state index is -0.950. The van der Waals surface area contributed by atoms with E-state index in [1.807, 2.05) is 36.4 Å². The van der Waals surface area contributed by atoms with Gasteiger partial charge in [0.25, 0.3) is 0 Å². The Morgan fingerprint density at radius 3 is 2.50 bits per heavy atom. The predicted octanol–water partition coefficient (Wildman–Crippen LogP) is 6.64. The monoisotopic (exact) mass is 534 g/mol. The summed E-state index contributed by atoms with van der Waals surface area (Å²) in [6.45, 7) is 3.48. The highest BCUT2D eigenvalue weighted by atomic mass is 35.5. The molecule has 0 bridgehead atoms. The van der Waals surface area contributed by atoms with Crippen LogP contribution in [0.3, 0.4) is 0 Å². The summed E-state index contributed by atoms with van der Waals surface area (Å²) < 4.78 is 22.2. The first-order valence-corrected chi connectivity index (χ1v) is 12.1. The Morgan fingerprint density at radius 1 is 1.05 bits per heavy atom. The fraction of sp³-hybridized carbons (Fsp3) is 0.179. The lowest BCUT2D eigenvalue weighted by molar-refractivity contribution is -0.136. The lowest BCUT2D eigenvalue weighted by atomic mass is 9.98. The summed E-state index contributed by atoms with van der Waals surface area (Å²) in [5.74, 6) is 0.368. The zero-order valence-corrected chi connectivity index (χ0v) is 21.2. The Hall–Kier alpha value is -4.50. The molecule has 5 rings (SSSR count). The molecular weight excluding hydrogens is 512 g/mol. The maximum absolute atomic E-state index is 12.7. The lowest BCUT2D eigenvalue weighted by Crippen LogP contribution is -2.17. The van der Waals surface area contributed by atoms with Crippen LogP contribution in [-0.2, 0) is 16.0 Å². The molecule has 1 aromatic heterocycles. The Bertz CT molecular complexity index is 1510. The smallest absolute Gasteiger partial charge is 0.412 e. The maximum Gasteiger partial charge on any atom is 0.412 e. The Kier molecular flexibility index (Phi) is 6.93. The molecule has 0 fully saturated rings. The number of aromatic nitrogens is 1. The Balaban J connectivity index is 1.36. The number of benzene rings is 3. The van der Waals surface area contributed by atoms with Crippen molar-refractivity contribution in [3.63, 3.8) is 0 Å². The molecule has 0 saturated heterocycles. The summed E-state index contributed by atoms with van der Waals surface area (Å²) in [7, 11) is 0. The molecule has 194 valence electrons. The van der Waals surface area contributed by atoms with Crippen LogP contribution in [0.4, 0.5) is 10.5 Å². The molecular formula is C28H23ClN2O7. The predicted molar refractivity (Wildman–Crippen MR) is 140 cm³/mol. The number of hydrogen-bond acceptors (Lipinski definition) is 7. The molecule has 2 N–H and O–H groups in total. The van der Waals surface area contributed by atoms with Crippen LogP contribution >= 0.6 is 11.6 Å². The van der Waals surface area contributed by atoms with Gasteiger partial charge in [-0.05, 0) is 25.5 Å². The first-order chi connectivity index (χ1) is 18.3. The molecule has 38 heavy (non-hydrogen) atoms. The maximum atomic E-state index is 12.7. The van der Waals surface area contributed by atoms with Crippen LogP contribution in [0.2, 0.25) is 5.02 Å².